The predicted octanol–water partition coefficient (Wildman–Crippen LogP) is 3.72. The van der Waals surface area contributed by atoms with Crippen LogP contribution >= 0.6 is 0 Å². The molecule has 0 fully saturated rings. The summed E-state index contributed by atoms with van der Waals surface area (Å²) in [6.45, 7) is 8.64. The van der Waals surface area contributed by atoms with Gasteiger partial charge in [0.05, 0.1) is 10.5 Å². The van der Waals surface area contributed by atoms with Gasteiger partial charge in [-0.2, -0.15) is 0 Å². The van der Waals surface area contributed by atoms with Crippen LogP contribution in [0.15, 0.2) is 30.3 Å². The van der Waals surface area contributed by atoms with Crippen LogP contribution in [0.2, 0.25) is 0 Å². The van der Waals surface area contributed by atoms with Crippen molar-refractivity contribution in [3.63, 3.8) is 0 Å². The molecule has 0 aromatic heterocycles. The zero-order chi connectivity index (χ0) is 15.9. The molecule has 3 nitrogen and oxygen atoms in total. The van der Waals surface area contributed by atoms with Crippen molar-refractivity contribution in [3.05, 3.63) is 35.9 Å². The standard InChI is InChI=1S/C17H29NO2S/c1-5-13-18-17(15-11-9-8-10-12-15)16(7-3)21(19,20)14(4)6-2/h8-12,14,16-18H,5-7,13H2,1-4H3. The second-order valence-electron chi connectivity index (χ2n) is 5.60. The largest absolute Gasteiger partial charge is 0.309 e. The third kappa shape index (κ3) is 4.55. The van der Waals surface area contributed by atoms with Gasteiger partial charge in [0.2, 0.25) is 0 Å². The topological polar surface area (TPSA) is 46.2 Å². The normalized spacial score (nSPS) is 16.4. The first-order valence-electron chi connectivity index (χ1n) is 7.99. The van der Waals surface area contributed by atoms with Crippen LogP contribution < -0.4 is 5.32 Å². The molecule has 0 saturated heterocycles. The van der Waals surface area contributed by atoms with Crippen molar-refractivity contribution in [3.8, 4) is 0 Å². The summed E-state index contributed by atoms with van der Waals surface area (Å²) >= 11 is 0. The van der Waals surface area contributed by atoms with Crippen LogP contribution in [0.3, 0.4) is 0 Å². The van der Waals surface area contributed by atoms with Crippen LogP contribution in [0.4, 0.5) is 0 Å². The zero-order valence-electron chi connectivity index (χ0n) is 13.7. The van der Waals surface area contributed by atoms with Gasteiger partial charge >= 0.3 is 0 Å². The van der Waals surface area contributed by atoms with Gasteiger partial charge in [-0.25, -0.2) is 8.42 Å². The average Bonchev–Trinajstić information content (AvgIpc) is 2.51. The quantitative estimate of drug-likeness (QED) is 0.756. The number of rotatable bonds is 9. The highest BCUT2D eigenvalue weighted by molar-refractivity contribution is 7.92. The Bertz CT molecular complexity index is 499. The van der Waals surface area contributed by atoms with Crippen molar-refractivity contribution in [1.82, 2.24) is 5.32 Å². The van der Waals surface area contributed by atoms with Crippen molar-refractivity contribution < 1.29 is 8.42 Å². The third-order valence-electron chi connectivity index (χ3n) is 4.10. The predicted molar refractivity (Wildman–Crippen MR) is 90.2 cm³/mol. The summed E-state index contributed by atoms with van der Waals surface area (Å²) < 4.78 is 25.7. The van der Waals surface area contributed by atoms with Gasteiger partial charge in [-0.3, -0.25) is 0 Å². The van der Waals surface area contributed by atoms with Crippen molar-refractivity contribution >= 4 is 9.84 Å². The van der Waals surface area contributed by atoms with Crippen LogP contribution in [0.25, 0.3) is 0 Å². The summed E-state index contributed by atoms with van der Waals surface area (Å²) in [5.74, 6) is 0. The SMILES string of the molecule is CCCNC(c1ccccc1)C(CC)S(=O)(=O)C(C)CC. The lowest BCUT2D eigenvalue weighted by Gasteiger charge is -2.29. The second kappa shape index (κ2) is 8.54. The summed E-state index contributed by atoms with van der Waals surface area (Å²) in [6.07, 6.45) is 2.28. The Labute approximate surface area is 130 Å². The van der Waals surface area contributed by atoms with E-state index in [0.29, 0.717) is 12.8 Å². The van der Waals surface area contributed by atoms with Gasteiger partial charge in [0.1, 0.15) is 0 Å². The van der Waals surface area contributed by atoms with E-state index in [1.165, 1.54) is 0 Å². The molecular formula is C17H29NO2S. The third-order valence-corrected chi connectivity index (χ3v) is 7.01. The highest BCUT2D eigenvalue weighted by Gasteiger charge is 2.35. The molecule has 0 saturated carbocycles. The van der Waals surface area contributed by atoms with E-state index in [0.717, 1.165) is 18.5 Å². The van der Waals surface area contributed by atoms with Gasteiger partial charge in [0.25, 0.3) is 0 Å². The number of hydrogen-bond donors (Lipinski definition) is 1. The summed E-state index contributed by atoms with van der Waals surface area (Å²) in [6, 6.07) is 9.81. The molecule has 0 amide bonds. The lowest BCUT2D eigenvalue weighted by atomic mass is 10.0. The summed E-state index contributed by atoms with van der Waals surface area (Å²) in [7, 11) is -3.14. The van der Waals surface area contributed by atoms with Crippen LogP contribution in [0.5, 0.6) is 0 Å². The highest BCUT2D eigenvalue weighted by Crippen LogP contribution is 2.28. The maximum absolute atomic E-state index is 12.8. The molecule has 3 unspecified atom stereocenters. The molecule has 0 aliphatic carbocycles. The molecule has 21 heavy (non-hydrogen) atoms. The van der Waals surface area contributed by atoms with E-state index in [2.05, 4.69) is 12.2 Å². The molecule has 0 bridgehead atoms. The lowest BCUT2D eigenvalue weighted by molar-refractivity contribution is 0.471. The molecule has 120 valence electrons. The Balaban J connectivity index is 3.16. The molecule has 1 N–H and O–H groups in total. The molecule has 3 atom stereocenters. The average molecular weight is 311 g/mol. The van der Waals surface area contributed by atoms with Crippen LogP contribution in [0.1, 0.15) is 58.6 Å². The molecule has 0 radical (unpaired) electrons. The fourth-order valence-electron chi connectivity index (χ4n) is 2.61. The van der Waals surface area contributed by atoms with Gasteiger partial charge in [0.15, 0.2) is 9.84 Å². The van der Waals surface area contributed by atoms with E-state index in [9.17, 15) is 8.42 Å². The van der Waals surface area contributed by atoms with E-state index < -0.39 is 9.84 Å². The number of sulfone groups is 1. The Hall–Kier alpha value is -0.870. The van der Waals surface area contributed by atoms with Gasteiger partial charge < -0.3 is 5.32 Å². The first kappa shape index (κ1) is 18.2. The molecule has 0 heterocycles. The molecule has 0 aliphatic rings. The fourth-order valence-corrected chi connectivity index (χ4v) is 4.77. The Kier molecular flexibility index (Phi) is 7.40. The van der Waals surface area contributed by atoms with Gasteiger partial charge in [-0.1, -0.05) is 51.1 Å². The molecule has 1 aromatic rings. The van der Waals surface area contributed by atoms with Gasteiger partial charge in [-0.05, 0) is 38.3 Å². The van der Waals surface area contributed by atoms with E-state index in [1.54, 1.807) is 0 Å². The van der Waals surface area contributed by atoms with Gasteiger partial charge in [0, 0.05) is 6.04 Å². The summed E-state index contributed by atoms with van der Waals surface area (Å²) in [5.41, 5.74) is 1.06. The first-order valence-corrected chi connectivity index (χ1v) is 9.60. The Morgan fingerprint density at radius 1 is 1.05 bits per heavy atom. The van der Waals surface area contributed by atoms with Crippen molar-refractivity contribution in [2.75, 3.05) is 6.54 Å². The minimum Gasteiger partial charge on any atom is -0.309 e. The minimum atomic E-state index is -3.14. The fraction of sp³-hybridized carbons (Fsp3) is 0.647. The summed E-state index contributed by atoms with van der Waals surface area (Å²) in [5, 5.41) is 2.77. The van der Waals surface area contributed by atoms with Crippen LogP contribution in [0, 0.1) is 0 Å². The van der Waals surface area contributed by atoms with E-state index >= 15 is 0 Å². The smallest absolute Gasteiger partial charge is 0.157 e. The Morgan fingerprint density at radius 3 is 2.14 bits per heavy atom. The maximum Gasteiger partial charge on any atom is 0.157 e. The molecule has 1 aromatic carbocycles. The van der Waals surface area contributed by atoms with E-state index in [1.807, 2.05) is 51.1 Å². The zero-order valence-corrected chi connectivity index (χ0v) is 14.5. The lowest BCUT2D eigenvalue weighted by Crippen LogP contribution is -2.41. The minimum absolute atomic E-state index is 0.129. The second-order valence-corrected chi connectivity index (χ2v) is 8.19. The van der Waals surface area contributed by atoms with Crippen molar-refractivity contribution in [1.29, 1.82) is 0 Å². The number of nitrogens with one attached hydrogen (secondary N) is 1. The van der Waals surface area contributed by atoms with Crippen molar-refractivity contribution in [2.24, 2.45) is 0 Å². The maximum atomic E-state index is 12.8. The first-order chi connectivity index (χ1) is 9.98. The van der Waals surface area contributed by atoms with E-state index in [4.69, 9.17) is 0 Å². The van der Waals surface area contributed by atoms with E-state index in [-0.39, 0.29) is 16.5 Å². The highest BCUT2D eigenvalue weighted by atomic mass is 32.2. The van der Waals surface area contributed by atoms with Crippen LogP contribution in [-0.2, 0) is 9.84 Å². The molecule has 1 rings (SSSR count). The molecule has 0 spiro atoms. The molecular weight excluding hydrogens is 282 g/mol. The number of benzene rings is 1. The monoisotopic (exact) mass is 311 g/mol. The molecule has 0 aliphatic heterocycles. The number of hydrogen-bond acceptors (Lipinski definition) is 3. The Morgan fingerprint density at radius 2 is 1.67 bits per heavy atom. The van der Waals surface area contributed by atoms with Crippen LogP contribution in [-0.4, -0.2) is 25.5 Å². The van der Waals surface area contributed by atoms with Crippen molar-refractivity contribution in [2.45, 2.75) is 63.5 Å². The summed E-state index contributed by atoms with van der Waals surface area (Å²) in [4.78, 5) is 0. The van der Waals surface area contributed by atoms with Gasteiger partial charge in [-0.15, -0.1) is 0 Å². The molecule has 4 heteroatoms.